The van der Waals surface area contributed by atoms with E-state index < -0.39 is 20.8 Å². The van der Waals surface area contributed by atoms with E-state index in [0.717, 1.165) is 0 Å². The van der Waals surface area contributed by atoms with E-state index in [1.807, 2.05) is 0 Å². The molecule has 0 saturated heterocycles. The van der Waals surface area contributed by atoms with Gasteiger partial charge in [0.15, 0.2) is 0 Å². The fourth-order valence-corrected chi connectivity index (χ4v) is 3.38. The Morgan fingerprint density at radius 2 is 2.06 bits per heavy atom. The second kappa shape index (κ2) is 6.01. The average molecular weight is 311 g/mol. The number of nitrogen functional groups attached to an aromatic ring is 1. The predicted octanol–water partition coefficient (Wildman–Crippen LogP) is 0.887. The number of hydrogen-bond donors (Lipinski definition) is 2. The van der Waals surface area contributed by atoms with Crippen LogP contribution in [0.1, 0.15) is 5.56 Å². The van der Waals surface area contributed by atoms with Crippen molar-refractivity contribution in [2.24, 2.45) is 0 Å². The number of hydrogen-bond acceptors (Lipinski definition) is 4. The van der Waals surface area contributed by atoms with Crippen molar-refractivity contribution in [3.05, 3.63) is 22.7 Å². The molecule has 8 heteroatoms. The van der Waals surface area contributed by atoms with Crippen LogP contribution in [0, 0.1) is 6.92 Å². The summed E-state index contributed by atoms with van der Waals surface area (Å²) < 4.78 is 37.2. The summed E-state index contributed by atoms with van der Waals surface area (Å²) in [6.45, 7) is 1.76. The molecule has 0 spiro atoms. The Hall–Kier alpha value is -0.630. The van der Waals surface area contributed by atoms with E-state index in [1.165, 1.54) is 18.4 Å². The van der Waals surface area contributed by atoms with Crippen LogP contribution in [-0.2, 0) is 20.8 Å². The van der Waals surface area contributed by atoms with Gasteiger partial charge >= 0.3 is 0 Å². The van der Waals surface area contributed by atoms with Gasteiger partial charge in [-0.1, -0.05) is 11.6 Å². The maximum atomic E-state index is 12.0. The van der Waals surface area contributed by atoms with E-state index in [9.17, 15) is 12.6 Å². The molecule has 0 saturated carbocycles. The number of sulfonamides is 1. The third-order valence-corrected chi connectivity index (χ3v) is 4.97. The number of benzene rings is 1. The summed E-state index contributed by atoms with van der Waals surface area (Å²) in [4.78, 5) is 0.0892. The van der Waals surface area contributed by atoms with E-state index in [-0.39, 0.29) is 22.9 Å². The average Bonchev–Trinajstić information content (AvgIpc) is 2.22. The van der Waals surface area contributed by atoms with Crippen LogP contribution in [0.3, 0.4) is 0 Å². The Bertz CT molecular complexity index is 573. The molecule has 1 aromatic carbocycles. The van der Waals surface area contributed by atoms with Gasteiger partial charge in [-0.3, -0.25) is 4.21 Å². The molecule has 0 aliphatic rings. The molecule has 0 heterocycles. The van der Waals surface area contributed by atoms with Crippen LogP contribution in [0.5, 0.6) is 0 Å². The molecular weight excluding hydrogens is 296 g/mol. The van der Waals surface area contributed by atoms with E-state index in [0.29, 0.717) is 10.6 Å². The smallest absolute Gasteiger partial charge is 0.240 e. The van der Waals surface area contributed by atoms with Gasteiger partial charge in [-0.2, -0.15) is 0 Å². The first-order valence-electron chi connectivity index (χ1n) is 5.09. The summed E-state index contributed by atoms with van der Waals surface area (Å²) in [5, 5.41) is 0.320. The summed E-state index contributed by atoms with van der Waals surface area (Å²) in [5.41, 5.74) is 6.31. The third-order valence-electron chi connectivity index (χ3n) is 2.27. The lowest BCUT2D eigenvalue weighted by Gasteiger charge is -2.10. The van der Waals surface area contributed by atoms with Crippen molar-refractivity contribution in [3.63, 3.8) is 0 Å². The fourth-order valence-electron chi connectivity index (χ4n) is 1.36. The lowest BCUT2D eigenvalue weighted by molar-refractivity contribution is 0.583. The monoisotopic (exact) mass is 310 g/mol. The van der Waals surface area contributed by atoms with Crippen LogP contribution in [0.4, 0.5) is 5.69 Å². The zero-order chi connectivity index (χ0) is 13.9. The van der Waals surface area contributed by atoms with E-state index in [2.05, 4.69) is 4.72 Å². The van der Waals surface area contributed by atoms with Crippen LogP contribution in [0.25, 0.3) is 0 Å². The van der Waals surface area contributed by atoms with Crippen molar-refractivity contribution in [1.82, 2.24) is 4.72 Å². The standard InChI is InChI=1S/C10H15ClN2O3S2/c1-7-5-8(11)9(12)6-10(7)18(15,16)13-3-4-17(2)14/h5-6,13H,3-4,12H2,1-2H3. The Morgan fingerprint density at radius 1 is 1.44 bits per heavy atom. The zero-order valence-electron chi connectivity index (χ0n) is 10.1. The van der Waals surface area contributed by atoms with Gasteiger partial charge in [0.1, 0.15) is 0 Å². The summed E-state index contributed by atoms with van der Waals surface area (Å²) in [6, 6.07) is 2.83. The Morgan fingerprint density at radius 3 is 2.61 bits per heavy atom. The Labute approximate surface area is 114 Å². The van der Waals surface area contributed by atoms with Gasteiger partial charge in [0.05, 0.1) is 15.6 Å². The third kappa shape index (κ3) is 3.94. The molecule has 0 radical (unpaired) electrons. The van der Waals surface area contributed by atoms with Gasteiger partial charge < -0.3 is 5.73 Å². The molecule has 5 nitrogen and oxygen atoms in total. The van der Waals surface area contributed by atoms with E-state index in [1.54, 1.807) is 6.92 Å². The topological polar surface area (TPSA) is 89.3 Å². The highest BCUT2D eigenvalue weighted by Crippen LogP contribution is 2.25. The molecule has 1 aromatic rings. The number of aryl methyl sites for hydroxylation is 1. The largest absolute Gasteiger partial charge is 0.397 e. The molecule has 0 aliphatic heterocycles. The molecule has 0 aromatic heterocycles. The van der Waals surface area contributed by atoms with Crippen LogP contribution < -0.4 is 10.5 Å². The molecule has 1 atom stereocenters. The molecule has 1 rings (SSSR count). The van der Waals surface area contributed by atoms with Crippen LogP contribution in [0.15, 0.2) is 17.0 Å². The van der Waals surface area contributed by atoms with Crippen molar-refractivity contribution in [3.8, 4) is 0 Å². The maximum absolute atomic E-state index is 12.0. The quantitative estimate of drug-likeness (QED) is 0.790. The molecule has 0 amide bonds. The van der Waals surface area contributed by atoms with Crippen molar-refractivity contribution >= 4 is 38.1 Å². The van der Waals surface area contributed by atoms with Crippen LogP contribution in [0.2, 0.25) is 5.02 Å². The first-order valence-corrected chi connectivity index (χ1v) is 8.68. The summed E-state index contributed by atoms with van der Waals surface area (Å²) >= 11 is 5.80. The minimum Gasteiger partial charge on any atom is -0.397 e. The number of halogens is 1. The van der Waals surface area contributed by atoms with Gasteiger partial charge in [0.2, 0.25) is 10.0 Å². The molecule has 0 fully saturated rings. The Kier molecular flexibility index (Phi) is 5.15. The number of nitrogens with two attached hydrogens (primary N) is 1. The van der Waals surface area contributed by atoms with Crippen molar-refractivity contribution in [2.75, 3.05) is 24.3 Å². The van der Waals surface area contributed by atoms with E-state index in [4.69, 9.17) is 17.3 Å². The van der Waals surface area contributed by atoms with Gasteiger partial charge in [0, 0.05) is 29.4 Å². The minimum atomic E-state index is -3.65. The highest BCUT2D eigenvalue weighted by atomic mass is 35.5. The van der Waals surface area contributed by atoms with Gasteiger partial charge in [-0.05, 0) is 24.6 Å². The van der Waals surface area contributed by atoms with Crippen molar-refractivity contribution in [1.29, 1.82) is 0 Å². The second-order valence-corrected chi connectivity index (χ2v) is 7.51. The Balaban J connectivity index is 2.98. The van der Waals surface area contributed by atoms with Gasteiger partial charge in [0.25, 0.3) is 0 Å². The maximum Gasteiger partial charge on any atom is 0.240 e. The normalized spacial score (nSPS) is 13.5. The van der Waals surface area contributed by atoms with Gasteiger partial charge in [-0.15, -0.1) is 0 Å². The zero-order valence-corrected chi connectivity index (χ0v) is 12.5. The molecule has 18 heavy (non-hydrogen) atoms. The number of rotatable bonds is 5. The van der Waals surface area contributed by atoms with Crippen molar-refractivity contribution in [2.45, 2.75) is 11.8 Å². The summed E-state index contributed by atoms with van der Waals surface area (Å²) in [6.07, 6.45) is 1.51. The molecule has 3 N–H and O–H groups in total. The SMILES string of the molecule is Cc1cc(Cl)c(N)cc1S(=O)(=O)NCCS(C)=O. The molecule has 102 valence electrons. The van der Waals surface area contributed by atoms with Gasteiger partial charge in [-0.25, -0.2) is 13.1 Å². The number of nitrogens with one attached hydrogen (secondary N) is 1. The minimum absolute atomic E-state index is 0.0892. The summed E-state index contributed by atoms with van der Waals surface area (Å²) in [7, 11) is -4.69. The lowest BCUT2D eigenvalue weighted by Crippen LogP contribution is -2.28. The molecular formula is C10H15ClN2O3S2. The number of anilines is 1. The first kappa shape index (κ1) is 15.4. The second-order valence-electron chi connectivity index (χ2n) is 3.81. The predicted molar refractivity (Wildman–Crippen MR) is 74.7 cm³/mol. The molecule has 0 bridgehead atoms. The lowest BCUT2D eigenvalue weighted by atomic mass is 10.2. The molecule has 1 unspecified atom stereocenters. The van der Waals surface area contributed by atoms with E-state index >= 15 is 0 Å². The first-order chi connectivity index (χ1) is 8.24. The molecule has 0 aliphatic carbocycles. The van der Waals surface area contributed by atoms with Crippen molar-refractivity contribution < 1.29 is 12.6 Å². The van der Waals surface area contributed by atoms with Crippen LogP contribution >= 0.6 is 11.6 Å². The van der Waals surface area contributed by atoms with Crippen LogP contribution in [-0.4, -0.2) is 31.2 Å². The fraction of sp³-hybridized carbons (Fsp3) is 0.400. The highest BCUT2D eigenvalue weighted by Gasteiger charge is 2.18. The highest BCUT2D eigenvalue weighted by molar-refractivity contribution is 7.89. The summed E-state index contributed by atoms with van der Waals surface area (Å²) in [5.74, 6) is 0.265.